The molecule has 0 saturated carbocycles. The topological polar surface area (TPSA) is 9.23 Å². The molecule has 0 aliphatic carbocycles. The van der Waals surface area contributed by atoms with Gasteiger partial charge in [0.05, 0.1) is 0 Å². The van der Waals surface area contributed by atoms with Gasteiger partial charge in [0.1, 0.15) is 23.0 Å². The molecule has 0 N–H and O–H groups in total. The van der Waals surface area contributed by atoms with E-state index < -0.39 is 28.6 Å². The minimum Gasteiger partial charge on any atom is -0.488 e. The van der Waals surface area contributed by atoms with Crippen LogP contribution in [-0.4, -0.2) is 5.60 Å². The van der Waals surface area contributed by atoms with Gasteiger partial charge in [-0.2, -0.15) is 0 Å². The minimum atomic E-state index is -1.19. The van der Waals surface area contributed by atoms with Crippen LogP contribution in [-0.2, 0) is 0 Å². The summed E-state index contributed by atoms with van der Waals surface area (Å²) in [5, 5.41) is 0. The van der Waals surface area contributed by atoms with E-state index in [0.717, 1.165) is 19.1 Å². The normalized spacial score (nSPS) is 13.4. The van der Waals surface area contributed by atoms with Gasteiger partial charge in [0.25, 0.3) is 0 Å². The van der Waals surface area contributed by atoms with Crippen molar-refractivity contribution in [1.82, 2.24) is 0 Å². The first-order valence-electron chi connectivity index (χ1n) is 5.21. The SMILES string of the molecule is CC(F)=C(F)c1ccc(OC(C)(C)C)cc1F. The molecule has 1 rings (SSSR count). The van der Waals surface area contributed by atoms with Gasteiger partial charge < -0.3 is 4.74 Å². The molecule has 0 atom stereocenters. The van der Waals surface area contributed by atoms with Crippen LogP contribution in [0.1, 0.15) is 33.3 Å². The van der Waals surface area contributed by atoms with E-state index in [9.17, 15) is 13.2 Å². The first-order chi connectivity index (χ1) is 7.70. The largest absolute Gasteiger partial charge is 0.488 e. The zero-order valence-corrected chi connectivity index (χ0v) is 10.3. The maximum Gasteiger partial charge on any atom is 0.164 e. The summed E-state index contributed by atoms with van der Waals surface area (Å²) < 4.78 is 44.8. The standard InChI is InChI=1S/C13H15F3O/c1-8(14)12(16)10-6-5-9(7-11(10)15)17-13(2,3)4/h5-7H,1-4H3. The molecule has 1 aromatic rings. The van der Waals surface area contributed by atoms with E-state index in [4.69, 9.17) is 4.74 Å². The van der Waals surface area contributed by atoms with Gasteiger partial charge in [-0.05, 0) is 39.8 Å². The second-order valence-electron chi connectivity index (χ2n) is 4.70. The third kappa shape index (κ3) is 3.80. The van der Waals surface area contributed by atoms with Crippen molar-refractivity contribution in [2.24, 2.45) is 0 Å². The number of allylic oxidation sites excluding steroid dienone is 1. The lowest BCUT2D eigenvalue weighted by Crippen LogP contribution is -2.23. The molecule has 94 valence electrons. The smallest absolute Gasteiger partial charge is 0.164 e. The molecule has 0 radical (unpaired) electrons. The van der Waals surface area contributed by atoms with Crippen LogP contribution in [0, 0.1) is 5.82 Å². The van der Waals surface area contributed by atoms with Crippen LogP contribution in [0.25, 0.3) is 5.83 Å². The van der Waals surface area contributed by atoms with Crippen molar-refractivity contribution in [3.8, 4) is 5.75 Å². The van der Waals surface area contributed by atoms with Gasteiger partial charge in [0.15, 0.2) is 5.83 Å². The van der Waals surface area contributed by atoms with Gasteiger partial charge in [-0.3, -0.25) is 0 Å². The summed E-state index contributed by atoms with van der Waals surface area (Å²) >= 11 is 0. The summed E-state index contributed by atoms with van der Waals surface area (Å²) in [5.41, 5.74) is -0.871. The Bertz CT molecular complexity index is 440. The Hall–Kier alpha value is -1.45. The molecular formula is C13H15F3O. The van der Waals surface area contributed by atoms with Crippen LogP contribution in [0.5, 0.6) is 5.75 Å². The molecule has 1 nitrogen and oxygen atoms in total. The van der Waals surface area contributed by atoms with E-state index in [-0.39, 0.29) is 5.75 Å². The molecule has 0 bridgehead atoms. The fourth-order valence-corrected chi connectivity index (χ4v) is 1.28. The van der Waals surface area contributed by atoms with Gasteiger partial charge in [-0.15, -0.1) is 0 Å². The van der Waals surface area contributed by atoms with E-state index in [0.29, 0.717) is 0 Å². The van der Waals surface area contributed by atoms with Crippen LogP contribution in [0.3, 0.4) is 0 Å². The molecule has 4 heteroatoms. The molecular weight excluding hydrogens is 229 g/mol. The number of benzene rings is 1. The molecule has 0 fully saturated rings. The van der Waals surface area contributed by atoms with Crippen molar-refractivity contribution in [2.75, 3.05) is 0 Å². The highest BCUT2D eigenvalue weighted by Crippen LogP contribution is 2.27. The first-order valence-corrected chi connectivity index (χ1v) is 5.21. The van der Waals surface area contributed by atoms with Crippen LogP contribution in [0.15, 0.2) is 24.0 Å². The molecule has 0 spiro atoms. The Morgan fingerprint density at radius 1 is 1.18 bits per heavy atom. The Morgan fingerprint density at radius 2 is 1.76 bits per heavy atom. The lowest BCUT2D eigenvalue weighted by molar-refractivity contribution is 0.130. The Kier molecular flexibility index (Phi) is 3.86. The number of ether oxygens (including phenoxy) is 1. The minimum absolute atomic E-state index is 0.281. The zero-order chi connectivity index (χ0) is 13.2. The second kappa shape index (κ2) is 4.82. The molecule has 1 aromatic carbocycles. The third-order valence-electron chi connectivity index (χ3n) is 1.90. The van der Waals surface area contributed by atoms with E-state index in [1.54, 1.807) is 0 Å². The van der Waals surface area contributed by atoms with Crippen LogP contribution in [0.2, 0.25) is 0 Å². The zero-order valence-electron chi connectivity index (χ0n) is 10.3. The number of hydrogen-bond donors (Lipinski definition) is 0. The first kappa shape index (κ1) is 13.6. The molecule has 0 amide bonds. The van der Waals surface area contributed by atoms with E-state index >= 15 is 0 Å². The summed E-state index contributed by atoms with van der Waals surface area (Å²) in [6.45, 7) is 6.37. The van der Waals surface area contributed by atoms with Gasteiger partial charge >= 0.3 is 0 Å². The van der Waals surface area contributed by atoms with Crippen molar-refractivity contribution >= 4 is 5.83 Å². The summed E-state index contributed by atoms with van der Waals surface area (Å²) in [7, 11) is 0. The van der Waals surface area contributed by atoms with Gasteiger partial charge in [-0.25, -0.2) is 13.2 Å². The summed E-state index contributed by atoms with van der Waals surface area (Å²) in [6, 6.07) is 3.62. The summed E-state index contributed by atoms with van der Waals surface area (Å²) in [5.74, 6) is -2.80. The van der Waals surface area contributed by atoms with Crippen molar-refractivity contribution < 1.29 is 17.9 Å². The lowest BCUT2D eigenvalue weighted by Gasteiger charge is -2.21. The van der Waals surface area contributed by atoms with Crippen LogP contribution in [0.4, 0.5) is 13.2 Å². The van der Waals surface area contributed by atoms with E-state index in [2.05, 4.69) is 0 Å². The molecule has 17 heavy (non-hydrogen) atoms. The van der Waals surface area contributed by atoms with Crippen molar-refractivity contribution in [3.63, 3.8) is 0 Å². The summed E-state index contributed by atoms with van der Waals surface area (Å²) in [4.78, 5) is 0. The fourth-order valence-electron chi connectivity index (χ4n) is 1.28. The monoisotopic (exact) mass is 244 g/mol. The molecule has 0 aromatic heterocycles. The Labute approximate surface area is 98.9 Å². The fraction of sp³-hybridized carbons (Fsp3) is 0.385. The molecule has 0 saturated heterocycles. The number of hydrogen-bond acceptors (Lipinski definition) is 1. The third-order valence-corrected chi connectivity index (χ3v) is 1.90. The molecule has 0 unspecified atom stereocenters. The van der Waals surface area contributed by atoms with E-state index in [1.165, 1.54) is 6.07 Å². The average molecular weight is 244 g/mol. The highest BCUT2D eigenvalue weighted by atomic mass is 19.2. The van der Waals surface area contributed by atoms with Gasteiger partial charge in [-0.1, -0.05) is 0 Å². The predicted molar refractivity (Wildman–Crippen MR) is 61.6 cm³/mol. The van der Waals surface area contributed by atoms with Crippen molar-refractivity contribution in [2.45, 2.75) is 33.3 Å². The van der Waals surface area contributed by atoms with Gasteiger partial charge in [0.2, 0.25) is 0 Å². The van der Waals surface area contributed by atoms with Gasteiger partial charge in [0, 0.05) is 11.6 Å². The lowest BCUT2D eigenvalue weighted by atomic mass is 10.1. The molecule has 0 aliphatic heterocycles. The van der Waals surface area contributed by atoms with Crippen molar-refractivity contribution in [3.05, 3.63) is 35.4 Å². The highest BCUT2D eigenvalue weighted by Gasteiger charge is 2.15. The predicted octanol–water partition coefficient (Wildman–Crippen LogP) is 4.63. The highest BCUT2D eigenvalue weighted by molar-refractivity contribution is 5.61. The van der Waals surface area contributed by atoms with Crippen LogP contribution < -0.4 is 4.74 Å². The van der Waals surface area contributed by atoms with Crippen LogP contribution >= 0.6 is 0 Å². The second-order valence-corrected chi connectivity index (χ2v) is 4.70. The Balaban J connectivity index is 3.07. The maximum atomic E-state index is 13.5. The number of halogens is 3. The molecule has 0 aliphatic rings. The Morgan fingerprint density at radius 3 is 2.18 bits per heavy atom. The quantitative estimate of drug-likeness (QED) is 0.737. The molecule has 0 heterocycles. The summed E-state index contributed by atoms with van der Waals surface area (Å²) in [6.07, 6.45) is 0. The average Bonchev–Trinajstić information content (AvgIpc) is 2.14. The van der Waals surface area contributed by atoms with Crippen molar-refractivity contribution in [1.29, 1.82) is 0 Å². The number of rotatable bonds is 2. The maximum absolute atomic E-state index is 13.5. The van der Waals surface area contributed by atoms with E-state index in [1.807, 2.05) is 20.8 Å².